The zero-order chi connectivity index (χ0) is 24.6. The molecule has 4 rings (SSSR count). The molecule has 0 fully saturated rings. The Morgan fingerprint density at radius 1 is 0.829 bits per heavy atom. The maximum absolute atomic E-state index is 10.9. The van der Waals surface area contributed by atoms with Crippen molar-refractivity contribution in [2.24, 2.45) is 5.10 Å². The van der Waals surface area contributed by atoms with E-state index in [1.54, 1.807) is 25.5 Å². The van der Waals surface area contributed by atoms with Gasteiger partial charge in [0.25, 0.3) is 5.69 Å². The van der Waals surface area contributed by atoms with Gasteiger partial charge < -0.3 is 15.4 Å². The van der Waals surface area contributed by atoms with Gasteiger partial charge in [0, 0.05) is 23.5 Å². The van der Waals surface area contributed by atoms with E-state index in [1.165, 1.54) is 12.1 Å². The van der Waals surface area contributed by atoms with Gasteiger partial charge in [-0.05, 0) is 48.9 Å². The lowest BCUT2D eigenvalue weighted by Crippen LogP contribution is -2.07. The average molecular weight is 470 g/mol. The zero-order valence-corrected chi connectivity index (χ0v) is 19.0. The summed E-state index contributed by atoms with van der Waals surface area (Å²) in [7, 11) is 1.60. The van der Waals surface area contributed by atoms with Crippen LogP contribution < -0.4 is 20.8 Å². The van der Waals surface area contributed by atoms with Gasteiger partial charge in [-0.1, -0.05) is 29.8 Å². The van der Waals surface area contributed by atoms with Gasteiger partial charge in [-0.3, -0.25) is 10.1 Å². The van der Waals surface area contributed by atoms with Crippen LogP contribution in [0.4, 0.5) is 34.9 Å². The molecule has 1 aromatic heterocycles. The number of anilines is 5. The van der Waals surface area contributed by atoms with Gasteiger partial charge in [-0.2, -0.15) is 20.1 Å². The molecule has 3 N–H and O–H groups in total. The van der Waals surface area contributed by atoms with Crippen molar-refractivity contribution in [3.8, 4) is 5.75 Å². The second kappa shape index (κ2) is 10.7. The smallest absolute Gasteiger partial charge is 0.269 e. The van der Waals surface area contributed by atoms with Gasteiger partial charge in [0.05, 0.1) is 18.2 Å². The second-order valence-corrected chi connectivity index (χ2v) is 7.37. The molecule has 0 aliphatic heterocycles. The number of nitrogens with one attached hydrogen (secondary N) is 3. The number of hydrogen-bond donors (Lipinski definition) is 3. The molecule has 3 aromatic carbocycles. The first-order valence-electron chi connectivity index (χ1n) is 10.5. The van der Waals surface area contributed by atoms with Crippen LogP contribution in [0.5, 0.6) is 5.75 Å². The lowest BCUT2D eigenvalue weighted by atomic mass is 10.2. The molecule has 1 heterocycles. The summed E-state index contributed by atoms with van der Waals surface area (Å²) in [5, 5.41) is 21.3. The molecule has 0 spiro atoms. The number of benzene rings is 3. The predicted octanol–water partition coefficient (Wildman–Crippen LogP) is 5.03. The Labute approximate surface area is 201 Å². The molecule has 35 heavy (non-hydrogen) atoms. The van der Waals surface area contributed by atoms with E-state index in [9.17, 15) is 10.1 Å². The van der Waals surface area contributed by atoms with Crippen LogP contribution in [0.1, 0.15) is 11.1 Å². The van der Waals surface area contributed by atoms with Gasteiger partial charge in [0.1, 0.15) is 5.75 Å². The Morgan fingerprint density at radius 3 is 1.91 bits per heavy atom. The average Bonchev–Trinajstić information content (AvgIpc) is 2.86. The predicted molar refractivity (Wildman–Crippen MR) is 135 cm³/mol. The van der Waals surface area contributed by atoms with Crippen LogP contribution in [0.15, 0.2) is 77.9 Å². The van der Waals surface area contributed by atoms with Crippen LogP contribution in [0.25, 0.3) is 0 Å². The normalized spacial score (nSPS) is 10.7. The number of rotatable bonds is 9. The van der Waals surface area contributed by atoms with Crippen LogP contribution in [-0.4, -0.2) is 33.2 Å². The molecule has 0 bridgehead atoms. The highest BCUT2D eigenvalue weighted by atomic mass is 16.6. The van der Waals surface area contributed by atoms with E-state index in [1.807, 2.05) is 55.5 Å². The van der Waals surface area contributed by atoms with Crippen LogP contribution in [0, 0.1) is 17.0 Å². The number of aryl methyl sites for hydroxylation is 1. The van der Waals surface area contributed by atoms with E-state index in [4.69, 9.17) is 4.74 Å². The maximum atomic E-state index is 10.9. The molecule has 0 unspecified atom stereocenters. The van der Waals surface area contributed by atoms with Crippen LogP contribution in [0.3, 0.4) is 0 Å². The zero-order valence-electron chi connectivity index (χ0n) is 19.0. The number of aromatic nitrogens is 3. The van der Waals surface area contributed by atoms with Gasteiger partial charge in [0.2, 0.25) is 17.8 Å². The first-order chi connectivity index (χ1) is 17.0. The summed E-state index contributed by atoms with van der Waals surface area (Å²) in [5.41, 5.74) is 6.20. The Morgan fingerprint density at radius 2 is 1.37 bits per heavy atom. The number of methoxy groups -OCH3 is 1. The molecule has 176 valence electrons. The first-order valence-corrected chi connectivity index (χ1v) is 10.5. The number of hydrogen-bond acceptors (Lipinski definition) is 10. The standard InChI is InChI=1S/C24H22N8O3/c1-16-3-5-17(6-4-16)15-25-31-24-29-22(26-18-7-11-20(12-8-18)32(33)34)28-23(30-24)27-19-9-13-21(35-2)14-10-19/h3-15H,1-2H3,(H3,26,27,28,29,30,31). The fourth-order valence-corrected chi connectivity index (χ4v) is 2.95. The molecule has 4 aromatic rings. The largest absolute Gasteiger partial charge is 0.497 e. The summed E-state index contributed by atoms with van der Waals surface area (Å²) < 4.78 is 5.19. The highest BCUT2D eigenvalue weighted by molar-refractivity contribution is 5.80. The van der Waals surface area contributed by atoms with Crippen molar-refractivity contribution in [2.45, 2.75) is 6.92 Å². The molecule has 11 nitrogen and oxygen atoms in total. The van der Waals surface area contributed by atoms with Crippen molar-refractivity contribution < 1.29 is 9.66 Å². The summed E-state index contributed by atoms with van der Waals surface area (Å²) in [6.45, 7) is 2.01. The third-order valence-corrected chi connectivity index (χ3v) is 4.77. The van der Waals surface area contributed by atoms with E-state index in [-0.39, 0.29) is 23.5 Å². The first kappa shape index (κ1) is 23.1. The molecule has 0 amide bonds. The maximum Gasteiger partial charge on any atom is 0.269 e. The monoisotopic (exact) mass is 470 g/mol. The Balaban J connectivity index is 1.57. The summed E-state index contributed by atoms with van der Waals surface area (Å²) in [6, 6.07) is 21.1. The van der Waals surface area contributed by atoms with Crippen LogP contribution in [0.2, 0.25) is 0 Å². The summed E-state index contributed by atoms with van der Waals surface area (Å²) >= 11 is 0. The van der Waals surface area contributed by atoms with E-state index in [2.05, 4.69) is 36.1 Å². The molecule has 0 aliphatic rings. The van der Waals surface area contributed by atoms with Crippen molar-refractivity contribution >= 4 is 41.1 Å². The Hall–Kier alpha value is -5.06. The quantitative estimate of drug-likeness (QED) is 0.174. The minimum atomic E-state index is -0.461. The molecule has 0 saturated heterocycles. The van der Waals surface area contributed by atoms with Crippen molar-refractivity contribution in [3.05, 3.63) is 94.0 Å². The molecule has 0 radical (unpaired) electrons. The third-order valence-electron chi connectivity index (χ3n) is 4.77. The third kappa shape index (κ3) is 6.48. The molecular weight excluding hydrogens is 448 g/mol. The topological polar surface area (TPSA) is 139 Å². The van der Waals surface area contributed by atoms with Gasteiger partial charge in [-0.25, -0.2) is 5.43 Å². The second-order valence-electron chi connectivity index (χ2n) is 7.37. The highest BCUT2D eigenvalue weighted by Gasteiger charge is 2.09. The van der Waals surface area contributed by atoms with E-state index < -0.39 is 4.92 Å². The Kier molecular flexibility index (Phi) is 7.07. The fraction of sp³-hybridized carbons (Fsp3) is 0.0833. The number of nitrogens with zero attached hydrogens (tertiary/aromatic N) is 5. The van der Waals surface area contributed by atoms with Crippen molar-refractivity contribution in [1.29, 1.82) is 0 Å². The molecule has 0 aliphatic carbocycles. The Bertz CT molecular complexity index is 1320. The molecule has 0 atom stereocenters. The van der Waals surface area contributed by atoms with Gasteiger partial charge >= 0.3 is 0 Å². The number of non-ortho nitro benzene ring substituents is 1. The minimum Gasteiger partial charge on any atom is -0.497 e. The summed E-state index contributed by atoms with van der Waals surface area (Å²) in [6.07, 6.45) is 1.66. The molecular formula is C24H22N8O3. The number of ether oxygens (including phenoxy) is 1. The minimum absolute atomic E-state index is 0.0131. The molecule has 0 saturated carbocycles. The summed E-state index contributed by atoms with van der Waals surface area (Å²) in [5.74, 6) is 1.41. The lowest BCUT2D eigenvalue weighted by Gasteiger charge is -2.10. The van der Waals surface area contributed by atoms with Crippen LogP contribution >= 0.6 is 0 Å². The van der Waals surface area contributed by atoms with Crippen molar-refractivity contribution in [3.63, 3.8) is 0 Å². The van der Waals surface area contributed by atoms with Crippen molar-refractivity contribution in [2.75, 3.05) is 23.2 Å². The summed E-state index contributed by atoms with van der Waals surface area (Å²) in [4.78, 5) is 23.6. The SMILES string of the molecule is COc1ccc(Nc2nc(NN=Cc3ccc(C)cc3)nc(Nc3ccc([N+](=O)[O-])cc3)n2)cc1. The van der Waals surface area contributed by atoms with Gasteiger partial charge in [0.15, 0.2) is 0 Å². The lowest BCUT2D eigenvalue weighted by molar-refractivity contribution is -0.384. The van der Waals surface area contributed by atoms with Gasteiger partial charge in [-0.15, -0.1) is 0 Å². The molecule has 11 heteroatoms. The number of nitro groups is 1. The highest BCUT2D eigenvalue weighted by Crippen LogP contribution is 2.22. The van der Waals surface area contributed by atoms with E-state index in [0.717, 1.165) is 22.6 Å². The van der Waals surface area contributed by atoms with Crippen molar-refractivity contribution in [1.82, 2.24) is 15.0 Å². The fourth-order valence-electron chi connectivity index (χ4n) is 2.95. The van der Waals surface area contributed by atoms with Crippen LogP contribution in [-0.2, 0) is 0 Å². The van der Waals surface area contributed by atoms with E-state index in [0.29, 0.717) is 5.69 Å². The number of nitro benzene ring substituents is 1. The van der Waals surface area contributed by atoms with E-state index >= 15 is 0 Å². The number of hydrazone groups is 1.